The maximum absolute atomic E-state index is 6.26. The first-order valence-electron chi connectivity index (χ1n) is 11.8. The smallest absolute Gasteiger partial charge is 0.163 e. The number of ether oxygens (including phenoxy) is 2. The normalized spacial score (nSPS) is 21.3. The lowest BCUT2D eigenvalue weighted by molar-refractivity contribution is 0.254. The molecule has 4 rings (SSSR count). The maximum Gasteiger partial charge on any atom is 0.163 e. The van der Waals surface area contributed by atoms with E-state index in [1.54, 1.807) is 12.7 Å². The summed E-state index contributed by atoms with van der Waals surface area (Å²) in [6, 6.07) is 5.61. The number of likely N-dealkylation sites (tertiary alicyclic amines) is 1. The zero-order valence-corrected chi connectivity index (χ0v) is 18.6. The summed E-state index contributed by atoms with van der Waals surface area (Å²) in [4.78, 5) is 5.25. The van der Waals surface area contributed by atoms with Gasteiger partial charge in [0.1, 0.15) is 0 Å². The summed E-state index contributed by atoms with van der Waals surface area (Å²) in [5.74, 6) is 1.76. The van der Waals surface area contributed by atoms with E-state index < -0.39 is 0 Å². The van der Waals surface area contributed by atoms with E-state index in [1.165, 1.54) is 69.3 Å². The molecule has 1 unspecified atom stereocenters. The van der Waals surface area contributed by atoms with Crippen molar-refractivity contribution in [3.8, 4) is 11.5 Å². The summed E-state index contributed by atoms with van der Waals surface area (Å²) < 4.78 is 12.0. The first-order valence-corrected chi connectivity index (χ1v) is 11.8. The SMILES string of the molecule is CCC(CC)N1c2cc(OCCCN3CCCC3)c(OC)cc2C=C2CCCC21. The van der Waals surface area contributed by atoms with Crippen LogP contribution in [0.4, 0.5) is 5.69 Å². The first-order chi connectivity index (χ1) is 14.2. The number of nitrogens with zero attached hydrogens (tertiary/aromatic N) is 2. The van der Waals surface area contributed by atoms with Crippen molar-refractivity contribution < 1.29 is 9.47 Å². The van der Waals surface area contributed by atoms with Gasteiger partial charge in [-0.1, -0.05) is 19.9 Å². The van der Waals surface area contributed by atoms with E-state index in [1.807, 2.05) is 0 Å². The molecule has 29 heavy (non-hydrogen) atoms. The lowest BCUT2D eigenvalue weighted by atomic mass is 9.93. The quantitative estimate of drug-likeness (QED) is 0.513. The van der Waals surface area contributed by atoms with Crippen molar-refractivity contribution in [2.45, 2.75) is 77.3 Å². The second-order valence-electron chi connectivity index (χ2n) is 8.82. The third-order valence-corrected chi connectivity index (χ3v) is 7.05. The predicted molar refractivity (Wildman–Crippen MR) is 121 cm³/mol. The van der Waals surface area contributed by atoms with Crippen LogP contribution in [0.2, 0.25) is 0 Å². The highest BCUT2D eigenvalue weighted by Gasteiger charge is 2.35. The van der Waals surface area contributed by atoms with Crippen LogP contribution in [-0.4, -0.2) is 50.3 Å². The van der Waals surface area contributed by atoms with Gasteiger partial charge in [-0.15, -0.1) is 0 Å². The van der Waals surface area contributed by atoms with Crippen molar-refractivity contribution >= 4 is 11.8 Å². The monoisotopic (exact) mass is 398 g/mol. The minimum Gasteiger partial charge on any atom is -0.493 e. The van der Waals surface area contributed by atoms with Crippen LogP contribution in [-0.2, 0) is 0 Å². The van der Waals surface area contributed by atoms with E-state index in [0.717, 1.165) is 31.1 Å². The number of hydrogen-bond acceptors (Lipinski definition) is 4. The van der Waals surface area contributed by atoms with Crippen LogP contribution >= 0.6 is 0 Å². The Bertz CT molecular complexity index is 720. The fourth-order valence-electron chi connectivity index (χ4n) is 5.49. The second kappa shape index (κ2) is 9.42. The Hall–Kier alpha value is -1.68. The molecule has 0 aromatic heterocycles. The Morgan fingerprint density at radius 3 is 2.59 bits per heavy atom. The highest BCUT2D eigenvalue weighted by atomic mass is 16.5. The predicted octanol–water partition coefficient (Wildman–Crippen LogP) is 5.50. The summed E-state index contributed by atoms with van der Waals surface area (Å²) in [7, 11) is 1.76. The van der Waals surface area contributed by atoms with Gasteiger partial charge in [0.2, 0.25) is 0 Å². The van der Waals surface area contributed by atoms with Crippen molar-refractivity contribution in [3.05, 3.63) is 23.3 Å². The highest BCUT2D eigenvalue weighted by Crippen LogP contribution is 2.46. The molecular formula is C25H38N2O2. The largest absolute Gasteiger partial charge is 0.493 e. The van der Waals surface area contributed by atoms with E-state index in [9.17, 15) is 0 Å². The maximum atomic E-state index is 6.26. The van der Waals surface area contributed by atoms with Crippen LogP contribution in [0.1, 0.15) is 70.8 Å². The molecule has 3 aliphatic rings. The number of hydrogen-bond donors (Lipinski definition) is 0. The molecule has 2 fully saturated rings. The second-order valence-corrected chi connectivity index (χ2v) is 8.82. The molecule has 160 valence electrons. The van der Waals surface area contributed by atoms with E-state index in [2.05, 4.69) is 41.9 Å². The van der Waals surface area contributed by atoms with Crippen molar-refractivity contribution in [2.75, 3.05) is 38.3 Å². The van der Waals surface area contributed by atoms with Crippen molar-refractivity contribution in [2.24, 2.45) is 0 Å². The molecule has 2 heterocycles. The molecule has 1 aromatic rings. The van der Waals surface area contributed by atoms with E-state index >= 15 is 0 Å². The van der Waals surface area contributed by atoms with Gasteiger partial charge >= 0.3 is 0 Å². The summed E-state index contributed by atoms with van der Waals surface area (Å²) in [5.41, 5.74) is 4.24. The molecule has 0 bridgehead atoms. The molecule has 1 saturated heterocycles. The molecule has 1 atom stereocenters. The molecule has 1 aliphatic carbocycles. The number of methoxy groups -OCH3 is 1. The van der Waals surface area contributed by atoms with Gasteiger partial charge in [-0.3, -0.25) is 0 Å². The van der Waals surface area contributed by atoms with Crippen molar-refractivity contribution in [1.82, 2.24) is 4.90 Å². The Morgan fingerprint density at radius 2 is 1.86 bits per heavy atom. The van der Waals surface area contributed by atoms with Gasteiger partial charge in [-0.05, 0) is 76.1 Å². The Balaban J connectivity index is 1.55. The third kappa shape index (κ3) is 4.28. The summed E-state index contributed by atoms with van der Waals surface area (Å²) in [5, 5.41) is 0. The fourth-order valence-corrected chi connectivity index (χ4v) is 5.49. The van der Waals surface area contributed by atoms with Gasteiger partial charge in [-0.25, -0.2) is 0 Å². The van der Waals surface area contributed by atoms with Gasteiger partial charge in [0.25, 0.3) is 0 Å². The van der Waals surface area contributed by atoms with Crippen LogP contribution in [0.25, 0.3) is 6.08 Å². The van der Waals surface area contributed by atoms with Crippen molar-refractivity contribution in [1.29, 1.82) is 0 Å². The Labute approximate surface area is 176 Å². The fraction of sp³-hybridized carbons (Fsp3) is 0.680. The molecule has 0 amide bonds. The topological polar surface area (TPSA) is 24.9 Å². The molecule has 2 aliphatic heterocycles. The van der Waals surface area contributed by atoms with Gasteiger partial charge in [0.15, 0.2) is 11.5 Å². The van der Waals surface area contributed by atoms with Crippen LogP contribution < -0.4 is 14.4 Å². The van der Waals surface area contributed by atoms with E-state index in [0.29, 0.717) is 12.1 Å². The van der Waals surface area contributed by atoms with E-state index in [4.69, 9.17) is 9.47 Å². The van der Waals surface area contributed by atoms with E-state index in [-0.39, 0.29) is 0 Å². The van der Waals surface area contributed by atoms with Gasteiger partial charge in [0, 0.05) is 29.9 Å². The standard InChI is InChI=1S/C25H38N2O2/c1-4-21(5-2)27-22-11-8-10-19(22)16-20-17-24(28-3)25(18-23(20)27)29-15-9-14-26-12-6-7-13-26/h16-18,21-22H,4-15H2,1-3H3. The van der Waals surface area contributed by atoms with Crippen LogP contribution in [0.5, 0.6) is 11.5 Å². The molecule has 0 N–H and O–H groups in total. The lowest BCUT2D eigenvalue weighted by Gasteiger charge is -2.42. The van der Waals surface area contributed by atoms with Gasteiger partial charge in [0.05, 0.1) is 19.8 Å². The molecule has 0 spiro atoms. The number of fused-ring (bicyclic) bond motifs is 2. The lowest BCUT2D eigenvalue weighted by Crippen LogP contribution is -2.44. The highest BCUT2D eigenvalue weighted by molar-refractivity contribution is 5.78. The molecular weight excluding hydrogens is 360 g/mol. The van der Waals surface area contributed by atoms with Crippen molar-refractivity contribution in [3.63, 3.8) is 0 Å². The molecule has 1 saturated carbocycles. The number of anilines is 1. The number of benzene rings is 1. The average molecular weight is 399 g/mol. The van der Waals surface area contributed by atoms with Crippen LogP contribution in [0.15, 0.2) is 17.7 Å². The zero-order chi connectivity index (χ0) is 20.2. The first kappa shape index (κ1) is 20.6. The van der Waals surface area contributed by atoms with Crippen LogP contribution in [0.3, 0.4) is 0 Å². The summed E-state index contributed by atoms with van der Waals surface area (Å²) in [6.45, 7) is 9.04. The molecule has 1 aromatic carbocycles. The Morgan fingerprint density at radius 1 is 1.07 bits per heavy atom. The minimum absolute atomic E-state index is 0.573. The van der Waals surface area contributed by atoms with Gasteiger partial charge in [-0.2, -0.15) is 0 Å². The molecule has 0 radical (unpaired) electrons. The van der Waals surface area contributed by atoms with Crippen LogP contribution in [0, 0.1) is 0 Å². The molecule has 4 heteroatoms. The summed E-state index contributed by atoms with van der Waals surface area (Å²) >= 11 is 0. The summed E-state index contributed by atoms with van der Waals surface area (Å²) in [6.07, 6.45) is 12.4. The molecule has 4 nitrogen and oxygen atoms in total. The zero-order valence-electron chi connectivity index (χ0n) is 18.6. The average Bonchev–Trinajstić information content (AvgIpc) is 3.42. The third-order valence-electron chi connectivity index (χ3n) is 7.05. The minimum atomic E-state index is 0.573. The van der Waals surface area contributed by atoms with Gasteiger partial charge < -0.3 is 19.3 Å². The number of rotatable bonds is 9. The Kier molecular flexibility index (Phi) is 6.69.